The molecule has 0 saturated carbocycles. The van der Waals surface area contributed by atoms with Crippen molar-refractivity contribution in [1.29, 1.82) is 0 Å². The number of rotatable bonds is 5. The highest BCUT2D eigenvalue weighted by Crippen LogP contribution is 2.22. The lowest BCUT2D eigenvalue weighted by Crippen LogP contribution is -2.15. The van der Waals surface area contributed by atoms with Gasteiger partial charge in [0.05, 0.1) is 7.11 Å². The molecule has 1 aromatic heterocycles. The second kappa shape index (κ2) is 8.01. The lowest BCUT2D eigenvalue weighted by molar-refractivity contribution is 0.101. The number of para-hydroxylation sites is 1. The van der Waals surface area contributed by atoms with Crippen LogP contribution in [0.15, 0.2) is 47.8 Å². The first-order chi connectivity index (χ1) is 13.0. The van der Waals surface area contributed by atoms with Gasteiger partial charge in [-0.3, -0.25) is 14.9 Å². The highest BCUT2D eigenvalue weighted by molar-refractivity contribution is 7.14. The number of hydrogen-bond acceptors (Lipinski definition) is 5. The molecular weight excluding hydrogens is 362 g/mol. The van der Waals surface area contributed by atoms with Crippen LogP contribution < -0.4 is 15.4 Å². The van der Waals surface area contributed by atoms with Crippen LogP contribution in [-0.4, -0.2) is 23.9 Å². The third kappa shape index (κ3) is 4.32. The van der Waals surface area contributed by atoms with Crippen molar-refractivity contribution in [1.82, 2.24) is 4.98 Å². The van der Waals surface area contributed by atoms with Crippen molar-refractivity contribution in [3.63, 3.8) is 0 Å². The molecule has 2 aromatic carbocycles. The van der Waals surface area contributed by atoms with Crippen LogP contribution in [0.1, 0.15) is 32.0 Å². The van der Waals surface area contributed by atoms with Crippen molar-refractivity contribution in [2.45, 2.75) is 13.8 Å². The van der Waals surface area contributed by atoms with Crippen LogP contribution in [0.2, 0.25) is 0 Å². The van der Waals surface area contributed by atoms with E-state index in [9.17, 15) is 9.59 Å². The van der Waals surface area contributed by atoms with Gasteiger partial charge in [0, 0.05) is 16.6 Å². The molecule has 0 aliphatic rings. The van der Waals surface area contributed by atoms with Gasteiger partial charge in [0.1, 0.15) is 11.4 Å². The zero-order valence-electron chi connectivity index (χ0n) is 15.2. The van der Waals surface area contributed by atoms with E-state index in [0.717, 1.165) is 16.8 Å². The van der Waals surface area contributed by atoms with E-state index in [1.54, 1.807) is 36.8 Å². The molecule has 27 heavy (non-hydrogen) atoms. The minimum absolute atomic E-state index is 0.257. The Balaban J connectivity index is 1.68. The number of ether oxygens (including phenoxy) is 1. The van der Waals surface area contributed by atoms with Crippen molar-refractivity contribution < 1.29 is 14.3 Å². The van der Waals surface area contributed by atoms with E-state index in [1.807, 2.05) is 32.0 Å². The summed E-state index contributed by atoms with van der Waals surface area (Å²) >= 11 is 1.20. The number of nitrogens with zero attached hydrogens (tertiary/aromatic N) is 1. The second-order valence-corrected chi connectivity index (χ2v) is 6.80. The van der Waals surface area contributed by atoms with E-state index in [1.165, 1.54) is 11.3 Å². The number of carbonyl (C=O) groups is 2. The zero-order valence-corrected chi connectivity index (χ0v) is 16.0. The van der Waals surface area contributed by atoms with Gasteiger partial charge in [-0.15, -0.1) is 11.3 Å². The lowest BCUT2D eigenvalue weighted by Gasteiger charge is -2.10. The predicted octanol–water partition coefficient (Wildman–Crippen LogP) is 4.27. The third-order valence-electron chi connectivity index (χ3n) is 4.03. The smallest absolute Gasteiger partial charge is 0.275 e. The van der Waals surface area contributed by atoms with Crippen LogP contribution in [0.25, 0.3) is 0 Å². The summed E-state index contributed by atoms with van der Waals surface area (Å²) in [5.41, 5.74) is 3.47. The molecule has 2 N–H and O–H groups in total. The molecule has 0 saturated heterocycles. The summed E-state index contributed by atoms with van der Waals surface area (Å²) in [5, 5.41) is 7.57. The summed E-state index contributed by atoms with van der Waals surface area (Å²) in [5.74, 6) is 0.0635. The normalized spacial score (nSPS) is 10.3. The van der Waals surface area contributed by atoms with Gasteiger partial charge in [-0.25, -0.2) is 4.98 Å². The minimum Gasteiger partial charge on any atom is -0.497 e. The van der Waals surface area contributed by atoms with Gasteiger partial charge >= 0.3 is 0 Å². The van der Waals surface area contributed by atoms with Crippen molar-refractivity contribution in [2.24, 2.45) is 0 Å². The molecular formula is C20H19N3O3S. The maximum Gasteiger partial charge on any atom is 0.275 e. The highest BCUT2D eigenvalue weighted by Gasteiger charge is 2.15. The Morgan fingerprint density at radius 1 is 0.963 bits per heavy atom. The van der Waals surface area contributed by atoms with Gasteiger partial charge < -0.3 is 10.1 Å². The molecule has 2 amide bonds. The van der Waals surface area contributed by atoms with Crippen LogP contribution in [-0.2, 0) is 0 Å². The second-order valence-electron chi connectivity index (χ2n) is 5.94. The third-order valence-corrected chi connectivity index (χ3v) is 4.79. The molecule has 0 bridgehead atoms. The molecule has 0 aliphatic heterocycles. The van der Waals surface area contributed by atoms with Crippen molar-refractivity contribution in [3.05, 3.63) is 70.2 Å². The first-order valence-electron chi connectivity index (χ1n) is 8.26. The van der Waals surface area contributed by atoms with Crippen LogP contribution in [0, 0.1) is 13.8 Å². The molecule has 0 spiro atoms. The predicted molar refractivity (Wildman–Crippen MR) is 107 cm³/mol. The average Bonchev–Trinajstić information content (AvgIpc) is 3.13. The zero-order chi connectivity index (χ0) is 19.4. The Morgan fingerprint density at radius 2 is 1.63 bits per heavy atom. The number of thiazole rings is 1. The Kier molecular flexibility index (Phi) is 5.52. The average molecular weight is 381 g/mol. The molecule has 7 heteroatoms. The van der Waals surface area contributed by atoms with Crippen LogP contribution >= 0.6 is 11.3 Å². The van der Waals surface area contributed by atoms with Gasteiger partial charge in [-0.1, -0.05) is 18.2 Å². The molecule has 6 nitrogen and oxygen atoms in total. The van der Waals surface area contributed by atoms with Gasteiger partial charge in [0.25, 0.3) is 11.8 Å². The first-order valence-corrected chi connectivity index (χ1v) is 9.14. The van der Waals surface area contributed by atoms with Crippen LogP contribution in [0.5, 0.6) is 5.75 Å². The number of methoxy groups -OCH3 is 1. The number of nitrogens with one attached hydrogen (secondary N) is 2. The Hall–Kier alpha value is -3.19. The molecule has 0 unspecified atom stereocenters. The van der Waals surface area contributed by atoms with E-state index in [0.29, 0.717) is 16.4 Å². The molecule has 3 aromatic rings. The number of aromatic nitrogens is 1. The molecule has 0 atom stereocenters. The summed E-state index contributed by atoms with van der Waals surface area (Å²) in [6.45, 7) is 3.87. The van der Waals surface area contributed by atoms with Crippen molar-refractivity contribution in [2.75, 3.05) is 17.7 Å². The monoisotopic (exact) mass is 381 g/mol. The molecule has 0 aliphatic carbocycles. The molecule has 0 radical (unpaired) electrons. The number of aryl methyl sites for hydroxylation is 2. The van der Waals surface area contributed by atoms with Gasteiger partial charge in [0.15, 0.2) is 5.13 Å². The molecule has 0 fully saturated rings. The first kappa shape index (κ1) is 18.6. The number of carbonyl (C=O) groups excluding carboxylic acids is 2. The van der Waals surface area contributed by atoms with Crippen LogP contribution in [0.4, 0.5) is 10.8 Å². The fraction of sp³-hybridized carbons (Fsp3) is 0.150. The fourth-order valence-electron chi connectivity index (χ4n) is 2.54. The van der Waals surface area contributed by atoms with E-state index >= 15 is 0 Å². The number of anilines is 2. The summed E-state index contributed by atoms with van der Waals surface area (Å²) in [6.07, 6.45) is 0. The summed E-state index contributed by atoms with van der Waals surface area (Å²) < 4.78 is 5.08. The van der Waals surface area contributed by atoms with Crippen molar-refractivity contribution >= 4 is 34.0 Å². The molecule has 3 rings (SSSR count). The summed E-state index contributed by atoms with van der Waals surface area (Å²) in [4.78, 5) is 29.0. The number of benzene rings is 2. The van der Waals surface area contributed by atoms with E-state index in [-0.39, 0.29) is 17.5 Å². The lowest BCUT2D eigenvalue weighted by atomic mass is 10.1. The topological polar surface area (TPSA) is 80.3 Å². The standard InChI is InChI=1S/C20H19N3O3S/c1-12-5-4-6-13(2)17(12)22-19(25)16-11-27-20(21-16)23-18(24)14-7-9-15(26-3)10-8-14/h4-11H,1-3H3,(H,22,25)(H,21,23,24). The van der Waals surface area contributed by atoms with Gasteiger partial charge in [-0.2, -0.15) is 0 Å². The van der Waals surface area contributed by atoms with Crippen LogP contribution in [0.3, 0.4) is 0 Å². The summed E-state index contributed by atoms with van der Waals surface area (Å²) in [7, 11) is 1.57. The molecule has 1 heterocycles. The minimum atomic E-state index is -0.311. The van der Waals surface area contributed by atoms with E-state index < -0.39 is 0 Å². The van der Waals surface area contributed by atoms with Crippen molar-refractivity contribution in [3.8, 4) is 5.75 Å². The Bertz CT molecular complexity index is 960. The van der Waals surface area contributed by atoms with Gasteiger partial charge in [-0.05, 0) is 49.2 Å². The summed E-state index contributed by atoms with van der Waals surface area (Å²) in [6, 6.07) is 12.6. The maximum atomic E-state index is 12.5. The van der Waals surface area contributed by atoms with E-state index in [4.69, 9.17) is 4.74 Å². The molecule has 138 valence electrons. The quantitative estimate of drug-likeness (QED) is 0.691. The fourth-order valence-corrected chi connectivity index (χ4v) is 3.22. The Morgan fingerprint density at radius 3 is 2.26 bits per heavy atom. The largest absolute Gasteiger partial charge is 0.497 e. The SMILES string of the molecule is COc1ccc(C(=O)Nc2nc(C(=O)Nc3c(C)cccc3C)cs2)cc1. The highest BCUT2D eigenvalue weighted by atomic mass is 32.1. The Labute approximate surface area is 161 Å². The van der Waals surface area contributed by atoms with E-state index in [2.05, 4.69) is 15.6 Å². The van der Waals surface area contributed by atoms with Gasteiger partial charge in [0.2, 0.25) is 0 Å². The maximum absolute atomic E-state index is 12.5. The number of hydrogen-bond donors (Lipinski definition) is 2. The number of amides is 2.